The van der Waals surface area contributed by atoms with Gasteiger partial charge in [-0.05, 0) is 41.3 Å². The van der Waals surface area contributed by atoms with E-state index >= 15 is 0 Å². The van der Waals surface area contributed by atoms with Crippen LogP contribution < -0.4 is 16.0 Å². The molecule has 1 aromatic heterocycles. The topological polar surface area (TPSA) is 352 Å². The first kappa shape index (κ1) is 36.9. The number of ether oxygens (including phenoxy) is 1. The van der Waals surface area contributed by atoms with Gasteiger partial charge in [-0.15, -0.1) is 10.2 Å². The van der Waals surface area contributed by atoms with E-state index in [0.717, 1.165) is 0 Å². The second kappa shape index (κ2) is 13.1. The van der Waals surface area contributed by atoms with Gasteiger partial charge in [0.05, 0.1) is 34.9 Å². The molecule has 5 rings (SSSR count). The Morgan fingerprint density at radius 2 is 1.40 bits per heavy atom. The Kier molecular flexibility index (Phi) is 9.64. The summed E-state index contributed by atoms with van der Waals surface area (Å²) in [6.07, 6.45) is 0. The Morgan fingerprint density at radius 1 is 0.780 bits per heavy atom. The number of fused-ring (bicyclic) bond motifs is 1. The molecule has 27 heteroatoms. The molecular weight excluding hydrogens is 776 g/mol. The summed E-state index contributed by atoms with van der Waals surface area (Å²) in [5.41, 5.74) is 2.35. The van der Waals surface area contributed by atoms with E-state index in [1.165, 1.54) is 0 Å². The summed E-state index contributed by atoms with van der Waals surface area (Å²) >= 11 is 6.01. The number of aromatic nitrogens is 3. The van der Waals surface area contributed by atoms with Crippen molar-refractivity contribution in [3.05, 3.63) is 35.6 Å². The van der Waals surface area contributed by atoms with Crippen molar-refractivity contribution < 1.29 is 61.7 Å². The number of nitrogens with one attached hydrogen (secondary N) is 1. The third kappa shape index (κ3) is 7.83. The summed E-state index contributed by atoms with van der Waals surface area (Å²) in [5, 5.41) is 18.8. The number of benzene rings is 3. The second-order valence-corrected chi connectivity index (χ2v) is 16.0. The number of phenolic OH excluding ortho intramolecular Hbond substituents is 1. The van der Waals surface area contributed by atoms with E-state index in [1.807, 2.05) is 0 Å². The number of nitrogens with two attached hydrogens (primary N) is 1. The van der Waals surface area contributed by atoms with Crippen LogP contribution in [0.25, 0.3) is 10.8 Å². The van der Waals surface area contributed by atoms with Crippen LogP contribution in [0, 0.1) is 0 Å². The van der Waals surface area contributed by atoms with Crippen LogP contribution in [0.1, 0.15) is 0 Å². The average molecular weight is 797 g/mol. The van der Waals surface area contributed by atoms with Crippen LogP contribution in [0.5, 0.6) is 5.75 Å². The summed E-state index contributed by atoms with van der Waals surface area (Å²) in [6, 6.07) is 2.70. The van der Waals surface area contributed by atoms with Crippen LogP contribution in [-0.2, 0) is 45.2 Å². The Balaban J connectivity index is 1.72. The van der Waals surface area contributed by atoms with Crippen molar-refractivity contribution in [1.29, 1.82) is 0 Å². The minimum atomic E-state index is -5.35. The number of aromatic hydroxyl groups is 1. The molecule has 268 valence electrons. The molecule has 0 aliphatic carbocycles. The van der Waals surface area contributed by atoms with E-state index in [4.69, 9.17) is 22.1 Å². The van der Waals surface area contributed by atoms with Gasteiger partial charge in [-0.1, -0.05) is 0 Å². The van der Waals surface area contributed by atoms with Crippen LogP contribution in [0.4, 0.5) is 34.6 Å². The first-order valence-corrected chi connectivity index (χ1v) is 19.3. The lowest BCUT2D eigenvalue weighted by molar-refractivity contribution is 0.122. The Labute approximate surface area is 286 Å². The number of hydrogen-bond acceptors (Lipinski definition) is 18. The number of nitrogens with zero attached hydrogens (tertiary/aromatic N) is 6. The van der Waals surface area contributed by atoms with E-state index in [0.29, 0.717) is 56.6 Å². The molecule has 0 amide bonds. The van der Waals surface area contributed by atoms with E-state index < -0.39 is 105 Å². The van der Waals surface area contributed by atoms with Crippen molar-refractivity contribution in [2.45, 2.75) is 19.6 Å². The molecule has 0 bridgehead atoms. The van der Waals surface area contributed by atoms with Crippen molar-refractivity contribution in [3.8, 4) is 5.75 Å². The summed E-state index contributed by atoms with van der Waals surface area (Å²) < 4.78 is 142. The molecule has 1 aliphatic heterocycles. The number of rotatable bonds is 9. The largest absolute Gasteiger partial charge is 0.507 e. The standard InChI is InChI=1S/C23H21ClN8O14S4/c24-21-27-22(29-23(28-21)32-1-3-46-4-2-32)26-12-8-16(49(40,41)42)13(9-15(12)48(37,38)39)30-31-20-18-10(6-17(19(20)25)50(43,44)45)5-11(7-14(18)33)47(34,35)36/h5-9,33H,1-4,25H2,(H,34,35,36)(H,37,38,39)(H,40,41,42)(H,43,44,45)(H,26,27,28,29). The van der Waals surface area contributed by atoms with Crippen LogP contribution in [0.15, 0.2) is 60.1 Å². The molecule has 22 nitrogen and oxygen atoms in total. The van der Waals surface area contributed by atoms with Gasteiger partial charge >= 0.3 is 0 Å². The number of hydrogen-bond donors (Lipinski definition) is 7. The van der Waals surface area contributed by atoms with Crippen molar-refractivity contribution in [2.24, 2.45) is 10.2 Å². The predicted octanol–water partition coefficient (Wildman–Crippen LogP) is 1.95. The minimum absolute atomic E-state index is 0.0218. The van der Waals surface area contributed by atoms with Gasteiger partial charge in [0.15, 0.2) is 0 Å². The summed E-state index contributed by atoms with van der Waals surface area (Å²) in [4.78, 5) is 9.28. The first-order valence-electron chi connectivity index (χ1n) is 13.1. The van der Waals surface area contributed by atoms with Crippen molar-refractivity contribution in [1.82, 2.24) is 15.0 Å². The molecule has 1 aliphatic rings. The van der Waals surface area contributed by atoms with E-state index in [2.05, 4.69) is 30.5 Å². The molecule has 2 heterocycles. The van der Waals surface area contributed by atoms with Crippen molar-refractivity contribution in [3.63, 3.8) is 0 Å². The molecule has 8 N–H and O–H groups in total. The fourth-order valence-electron chi connectivity index (χ4n) is 4.60. The zero-order chi connectivity index (χ0) is 37.0. The maximum Gasteiger partial charge on any atom is 0.296 e. The van der Waals surface area contributed by atoms with Crippen molar-refractivity contribution >= 4 is 97.5 Å². The van der Waals surface area contributed by atoms with Gasteiger partial charge in [-0.2, -0.15) is 48.6 Å². The van der Waals surface area contributed by atoms with E-state index in [-0.39, 0.29) is 11.2 Å². The third-order valence-corrected chi connectivity index (χ3v) is 10.4. The molecule has 1 fully saturated rings. The quantitative estimate of drug-likeness (QED) is 0.0722. The molecular formula is C23H21ClN8O14S4. The molecule has 3 aromatic carbocycles. The fourth-order valence-corrected chi connectivity index (χ4v) is 7.22. The van der Waals surface area contributed by atoms with Crippen LogP contribution in [0.3, 0.4) is 0 Å². The van der Waals surface area contributed by atoms with Gasteiger partial charge in [0.1, 0.15) is 31.8 Å². The lowest BCUT2D eigenvalue weighted by Crippen LogP contribution is -2.37. The van der Waals surface area contributed by atoms with Gasteiger partial charge in [0, 0.05) is 19.2 Å². The van der Waals surface area contributed by atoms with Crippen LogP contribution in [0.2, 0.25) is 5.28 Å². The normalized spacial score (nSPS) is 14.8. The van der Waals surface area contributed by atoms with Gasteiger partial charge < -0.3 is 25.8 Å². The highest BCUT2D eigenvalue weighted by Gasteiger charge is 2.28. The number of azo groups is 1. The SMILES string of the molecule is Nc1c(S(=O)(=O)O)cc2cc(S(=O)(=O)O)cc(O)c2c1N=Nc1cc(S(=O)(=O)O)c(Nc2nc(Cl)nc(N3CCOCC3)n2)cc1S(=O)(=O)O. The van der Waals surface area contributed by atoms with Gasteiger partial charge in [0.2, 0.25) is 17.2 Å². The molecule has 0 saturated carbocycles. The lowest BCUT2D eigenvalue weighted by atomic mass is 10.1. The molecule has 0 spiro atoms. The molecule has 1 saturated heterocycles. The molecule has 0 radical (unpaired) electrons. The monoisotopic (exact) mass is 796 g/mol. The first-order chi connectivity index (χ1) is 23.0. The highest BCUT2D eigenvalue weighted by Crippen LogP contribution is 2.44. The molecule has 50 heavy (non-hydrogen) atoms. The maximum atomic E-state index is 12.5. The molecule has 0 atom stereocenters. The number of phenols is 1. The number of halogens is 1. The lowest BCUT2D eigenvalue weighted by Gasteiger charge is -2.26. The average Bonchev–Trinajstić information content (AvgIpc) is 2.98. The highest BCUT2D eigenvalue weighted by molar-refractivity contribution is 7.87. The van der Waals surface area contributed by atoms with Crippen LogP contribution in [-0.4, -0.2) is 98.2 Å². The zero-order valence-corrected chi connectivity index (χ0v) is 28.4. The van der Waals surface area contributed by atoms with E-state index in [9.17, 15) is 57.0 Å². The maximum absolute atomic E-state index is 12.5. The summed E-state index contributed by atoms with van der Waals surface area (Å²) in [6.45, 7) is 1.32. The number of nitrogen functional groups attached to an aromatic ring is 1. The minimum Gasteiger partial charge on any atom is -0.507 e. The van der Waals surface area contributed by atoms with Crippen molar-refractivity contribution in [2.75, 3.05) is 42.3 Å². The highest BCUT2D eigenvalue weighted by atomic mass is 35.5. The van der Waals surface area contributed by atoms with E-state index in [1.54, 1.807) is 4.90 Å². The van der Waals surface area contributed by atoms with Crippen LogP contribution >= 0.6 is 11.6 Å². The number of morpholine rings is 1. The van der Waals surface area contributed by atoms with Gasteiger partial charge in [0.25, 0.3) is 40.5 Å². The molecule has 4 aromatic rings. The Hall–Kier alpha value is -4.38. The Bertz CT molecular complexity index is 2550. The fraction of sp³-hybridized carbons (Fsp3) is 0.174. The third-order valence-electron chi connectivity index (χ3n) is 6.75. The zero-order valence-electron chi connectivity index (χ0n) is 24.4. The summed E-state index contributed by atoms with van der Waals surface area (Å²) in [7, 11) is -20.8. The second-order valence-electron chi connectivity index (χ2n) is 10.0. The summed E-state index contributed by atoms with van der Waals surface area (Å²) in [5.74, 6) is -1.40. The van der Waals surface area contributed by atoms with Gasteiger partial charge in [-0.25, -0.2) is 0 Å². The van der Waals surface area contributed by atoms with Gasteiger partial charge in [-0.3, -0.25) is 18.2 Å². The number of anilines is 4. The Morgan fingerprint density at radius 3 is 1.98 bits per heavy atom. The smallest absolute Gasteiger partial charge is 0.296 e. The predicted molar refractivity (Wildman–Crippen MR) is 171 cm³/mol. The molecule has 0 unspecified atom stereocenters.